The van der Waals surface area contributed by atoms with Gasteiger partial charge >= 0.3 is 5.97 Å². The van der Waals surface area contributed by atoms with Crippen molar-refractivity contribution < 1.29 is 14.3 Å². The average molecular weight is 198 g/mol. The standard InChI is InChI=1S/C9H11FN2O2/c1-6-4-7(5-12-9(6)10)11-3-2-8(13)14/h4-5,11H,2-3H2,1H3,(H,13,14). The van der Waals surface area contributed by atoms with E-state index in [0.717, 1.165) is 0 Å². The molecule has 0 spiro atoms. The van der Waals surface area contributed by atoms with Gasteiger partial charge in [0.2, 0.25) is 5.95 Å². The monoisotopic (exact) mass is 198 g/mol. The summed E-state index contributed by atoms with van der Waals surface area (Å²) in [5.74, 6) is -1.38. The van der Waals surface area contributed by atoms with Crippen molar-refractivity contribution in [1.82, 2.24) is 4.98 Å². The molecule has 0 radical (unpaired) electrons. The quantitative estimate of drug-likeness (QED) is 0.718. The first-order valence-electron chi connectivity index (χ1n) is 4.17. The van der Waals surface area contributed by atoms with E-state index in [1.807, 2.05) is 0 Å². The molecule has 0 saturated heterocycles. The lowest BCUT2D eigenvalue weighted by Gasteiger charge is -2.04. The molecule has 1 rings (SSSR count). The largest absolute Gasteiger partial charge is 0.481 e. The highest BCUT2D eigenvalue weighted by molar-refractivity contribution is 5.67. The second-order valence-corrected chi connectivity index (χ2v) is 2.90. The van der Waals surface area contributed by atoms with Gasteiger partial charge in [-0.2, -0.15) is 4.39 Å². The van der Waals surface area contributed by atoms with Gasteiger partial charge in [0, 0.05) is 12.1 Å². The molecule has 76 valence electrons. The third kappa shape index (κ3) is 3.01. The Kier molecular flexibility index (Phi) is 3.39. The molecule has 0 unspecified atom stereocenters. The number of nitrogens with zero attached hydrogens (tertiary/aromatic N) is 1. The zero-order chi connectivity index (χ0) is 10.6. The van der Waals surface area contributed by atoms with Gasteiger partial charge in [0.25, 0.3) is 0 Å². The van der Waals surface area contributed by atoms with Crippen LogP contribution in [0.3, 0.4) is 0 Å². The van der Waals surface area contributed by atoms with Gasteiger partial charge in [-0.25, -0.2) is 4.98 Å². The van der Waals surface area contributed by atoms with E-state index in [2.05, 4.69) is 10.3 Å². The number of aryl methyl sites for hydroxylation is 1. The van der Waals surface area contributed by atoms with E-state index >= 15 is 0 Å². The van der Waals surface area contributed by atoms with Crippen molar-refractivity contribution in [3.63, 3.8) is 0 Å². The minimum absolute atomic E-state index is 0.0242. The second-order valence-electron chi connectivity index (χ2n) is 2.90. The fourth-order valence-corrected chi connectivity index (χ4v) is 0.969. The zero-order valence-corrected chi connectivity index (χ0v) is 7.75. The number of halogens is 1. The Balaban J connectivity index is 2.51. The number of pyridine rings is 1. The molecule has 0 aliphatic carbocycles. The summed E-state index contributed by atoms with van der Waals surface area (Å²) < 4.78 is 12.7. The second kappa shape index (κ2) is 4.55. The van der Waals surface area contributed by atoms with E-state index in [-0.39, 0.29) is 6.42 Å². The fourth-order valence-electron chi connectivity index (χ4n) is 0.969. The topological polar surface area (TPSA) is 62.2 Å². The number of carboxylic acids is 1. The number of nitrogens with one attached hydrogen (secondary N) is 1. The molecule has 1 aromatic rings. The van der Waals surface area contributed by atoms with E-state index in [4.69, 9.17) is 5.11 Å². The number of carboxylic acid groups (broad SMARTS) is 1. The molecule has 4 nitrogen and oxygen atoms in total. The Morgan fingerprint density at radius 1 is 1.71 bits per heavy atom. The molecule has 0 bridgehead atoms. The lowest BCUT2D eigenvalue weighted by molar-refractivity contribution is -0.136. The Morgan fingerprint density at radius 2 is 2.43 bits per heavy atom. The third-order valence-corrected chi connectivity index (χ3v) is 1.68. The van der Waals surface area contributed by atoms with Gasteiger partial charge in [-0.15, -0.1) is 0 Å². The van der Waals surface area contributed by atoms with Crippen molar-refractivity contribution in [3.8, 4) is 0 Å². The summed E-state index contributed by atoms with van der Waals surface area (Å²) in [4.78, 5) is 13.7. The third-order valence-electron chi connectivity index (χ3n) is 1.68. The van der Waals surface area contributed by atoms with Crippen LogP contribution in [0.25, 0.3) is 0 Å². The van der Waals surface area contributed by atoms with Crippen LogP contribution in [0.2, 0.25) is 0 Å². The summed E-state index contributed by atoms with van der Waals surface area (Å²) in [6.45, 7) is 1.91. The lowest BCUT2D eigenvalue weighted by Crippen LogP contribution is -2.08. The fraction of sp³-hybridized carbons (Fsp3) is 0.333. The summed E-state index contributed by atoms with van der Waals surface area (Å²) in [6.07, 6.45) is 1.36. The first-order chi connectivity index (χ1) is 6.59. The summed E-state index contributed by atoms with van der Waals surface area (Å²) in [7, 11) is 0. The van der Waals surface area contributed by atoms with Crippen LogP contribution in [0.5, 0.6) is 0 Å². The summed E-state index contributed by atoms with van der Waals surface area (Å²) in [6, 6.07) is 1.59. The van der Waals surface area contributed by atoms with Crippen LogP contribution in [0.1, 0.15) is 12.0 Å². The highest BCUT2D eigenvalue weighted by Crippen LogP contribution is 2.10. The molecule has 0 aliphatic rings. The highest BCUT2D eigenvalue weighted by Gasteiger charge is 2.00. The minimum atomic E-state index is -0.871. The number of rotatable bonds is 4. The maximum absolute atomic E-state index is 12.7. The van der Waals surface area contributed by atoms with Gasteiger partial charge in [0.05, 0.1) is 18.3 Å². The van der Waals surface area contributed by atoms with Crippen molar-refractivity contribution in [2.45, 2.75) is 13.3 Å². The van der Waals surface area contributed by atoms with Crippen LogP contribution in [0, 0.1) is 12.9 Å². The zero-order valence-electron chi connectivity index (χ0n) is 7.75. The normalized spacial score (nSPS) is 9.86. The van der Waals surface area contributed by atoms with Gasteiger partial charge in [-0.05, 0) is 13.0 Å². The summed E-state index contributed by atoms with van der Waals surface area (Å²) >= 11 is 0. The smallest absolute Gasteiger partial charge is 0.305 e. The molecule has 0 saturated carbocycles. The van der Waals surface area contributed by atoms with Crippen LogP contribution in [-0.2, 0) is 4.79 Å². The number of anilines is 1. The van der Waals surface area contributed by atoms with Crippen LogP contribution in [-0.4, -0.2) is 22.6 Å². The number of carbonyl (C=O) groups is 1. The predicted octanol–water partition coefficient (Wildman–Crippen LogP) is 1.42. The molecule has 1 heterocycles. The Bertz CT molecular complexity index is 342. The highest BCUT2D eigenvalue weighted by atomic mass is 19.1. The van der Waals surface area contributed by atoms with E-state index in [1.165, 1.54) is 6.20 Å². The van der Waals surface area contributed by atoms with Crippen molar-refractivity contribution in [1.29, 1.82) is 0 Å². The maximum Gasteiger partial charge on any atom is 0.305 e. The van der Waals surface area contributed by atoms with Gasteiger partial charge < -0.3 is 10.4 Å². The van der Waals surface area contributed by atoms with Gasteiger partial charge in [0.15, 0.2) is 0 Å². The molecule has 0 aromatic carbocycles. The first kappa shape index (κ1) is 10.4. The predicted molar refractivity (Wildman–Crippen MR) is 49.7 cm³/mol. The van der Waals surface area contributed by atoms with E-state index in [9.17, 15) is 9.18 Å². The number of hydrogen-bond acceptors (Lipinski definition) is 3. The average Bonchev–Trinajstić information content (AvgIpc) is 2.10. The summed E-state index contributed by atoms with van der Waals surface area (Å²) in [5.41, 5.74) is 1.07. The molecular formula is C9H11FN2O2. The first-order valence-corrected chi connectivity index (χ1v) is 4.17. The minimum Gasteiger partial charge on any atom is -0.481 e. The van der Waals surface area contributed by atoms with E-state index in [1.54, 1.807) is 13.0 Å². The Morgan fingerprint density at radius 3 is 3.00 bits per heavy atom. The van der Waals surface area contributed by atoms with E-state index < -0.39 is 11.9 Å². The molecule has 0 fully saturated rings. The van der Waals surface area contributed by atoms with Gasteiger partial charge in [0.1, 0.15) is 0 Å². The van der Waals surface area contributed by atoms with Crippen LogP contribution in [0.15, 0.2) is 12.3 Å². The molecular weight excluding hydrogens is 187 g/mol. The molecule has 0 atom stereocenters. The molecule has 2 N–H and O–H groups in total. The molecule has 0 amide bonds. The molecule has 5 heteroatoms. The van der Waals surface area contributed by atoms with Crippen molar-refractivity contribution in [2.24, 2.45) is 0 Å². The Hall–Kier alpha value is -1.65. The lowest BCUT2D eigenvalue weighted by atomic mass is 10.3. The number of hydrogen-bond donors (Lipinski definition) is 2. The number of aliphatic carboxylic acids is 1. The molecule has 0 aliphatic heterocycles. The van der Waals surface area contributed by atoms with Crippen LogP contribution in [0.4, 0.5) is 10.1 Å². The van der Waals surface area contributed by atoms with Crippen LogP contribution < -0.4 is 5.32 Å². The maximum atomic E-state index is 12.7. The van der Waals surface area contributed by atoms with Crippen molar-refractivity contribution >= 4 is 11.7 Å². The van der Waals surface area contributed by atoms with Crippen molar-refractivity contribution in [3.05, 3.63) is 23.8 Å². The number of aromatic nitrogens is 1. The van der Waals surface area contributed by atoms with E-state index in [0.29, 0.717) is 17.8 Å². The Labute approximate surface area is 80.8 Å². The van der Waals surface area contributed by atoms with Gasteiger partial charge in [-0.3, -0.25) is 4.79 Å². The molecule has 14 heavy (non-hydrogen) atoms. The summed E-state index contributed by atoms with van der Waals surface area (Å²) in [5, 5.41) is 11.2. The van der Waals surface area contributed by atoms with Crippen molar-refractivity contribution in [2.75, 3.05) is 11.9 Å². The van der Waals surface area contributed by atoms with Crippen LogP contribution >= 0.6 is 0 Å². The molecule has 1 aromatic heterocycles. The van der Waals surface area contributed by atoms with Gasteiger partial charge in [-0.1, -0.05) is 0 Å². The SMILES string of the molecule is Cc1cc(NCCC(=O)O)cnc1F.